The van der Waals surface area contributed by atoms with Crippen LogP contribution in [0.2, 0.25) is 5.02 Å². The second-order valence-corrected chi connectivity index (χ2v) is 9.66. The molecule has 2 aromatic carbocycles. The number of amides is 1. The van der Waals surface area contributed by atoms with Crippen molar-refractivity contribution >= 4 is 23.5 Å². The summed E-state index contributed by atoms with van der Waals surface area (Å²) in [5, 5.41) is 36.7. The number of carboxylic acid groups (broad SMARTS) is 1. The zero-order chi connectivity index (χ0) is 27.3. The molecule has 0 bridgehead atoms. The minimum absolute atomic E-state index is 0.0255. The summed E-state index contributed by atoms with van der Waals surface area (Å²) in [5.41, 5.74) is -1.28. The largest absolute Gasteiger partial charge is 0.481 e. The van der Waals surface area contributed by atoms with Gasteiger partial charge in [0.05, 0.1) is 6.10 Å². The second-order valence-electron chi connectivity index (χ2n) is 9.23. The molecule has 3 aromatic rings. The first kappa shape index (κ1) is 28.3. The van der Waals surface area contributed by atoms with Crippen LogP contribution in [0.5, 0.6) is 0 Å². The van der Waals surface area contributed by atoms with Crippen LogP contribution in [-0.4, -0.2) is 42.9 Å². The van der Waals surface area contributed by atoms with E-state index in [0.29, 0.717) is 16.4 Å². The highest BCUT2D eigenvalue weighted by atomic mass is 35.5. The number of nitrogens with zero attached hydrogens (tertiary/aromatic N) is 2. The fourth-order valence-electron chi connectivity index (χ4n) is 4.54. The third kappa shape index (κ3) is 6.18. The predicted molar refractivity (Wildman–Crippen MR) is 136 cm³/mol. The van der Waals surface area contributed by atoms with E-state index in [-0.39, 0.29) is 24.4 Å². The molecular formula is C27H31ClFN3O5. The van der Waals surface area contributed by atoms with Gasteiger partial charge in [-0.1, -0.05) is 56.6 Å². The Morgan fingerprint density at radius 2 is 1.86 bits per heavy atom. The molecule has 0 saturated heterocycles. The van der Waals surface area contributed by atoms with Gasteiger partial charge in [0.1, 0.15) is 23.5 Å². The maximum Gasteiger partial charge on any atom is 0.313 e. The van der Waals surface area contributed by atoms with Crippen LogP contribution in [0.4, 0.5) is 4.39 Å². The third-order valence-corrected chi connectivity index (χ3v) is 6.67. The van der Waals surface area contributed by atoms with E-state index < -0.39 is 41.4 Å². The molecule has 0 saturated carbocycles. The Hall–Kier alpha value is -3.27. The molecule has 4 N–H and O–H groups in total. The minimum atomic E-state index is -2.04. The molecule has 1 heterocycles. The number of hydrogen-bond acceptors (Lipinski definition) is 5. The van der Waals surface area contributed by atoms with Gasteiger partial charge in [0.25, 0.3) is 0 Å². The van der Waals surface area contributed by atoms with Gasteiger partial charge in [-0.25, -0.2) is 9.37 Å². The maximum atomic E-state index is 13.7. The van der Waals surface area contributed by atoms with E-state index in [1.54, 1.807) is 31.2 Å². The van der Waals surface area contributed by atoms with Gasteiger partial charge >= 0.3 is 5.97 Å². The molecule has 198 valence electrons. The van der Waals surface area contributed by atoms with Gasteiger partial charge < -0.3 is 25.2 Å². The lowest BCUT2D eigenvalue weighted by Crippen LogP contribution is -2.55. The molecule has 4 atom stereocenters. The van der Waals surface area contributed by atoms with Crippen LogP contribution in [-0.2, 0) is 21.9 Å². The molecule has 0 fully saturated rings. The van der Waals surface area contributed by atoms with Crippen LogP contribution in [0.1, 0.15) is 56.0 Å². The van der Waals surface area contributed by atoms with E-state index >= 15 is 0 Å². The number of carboxylic acids is 1. The normalized spacial score (nSPS) is 15.6. The van der Waals surface area contributed by atoms with Crippen molar-refractivity contribution in [3.63, 3.8) is 0 Å². The first-order valence-corrected chi connectivity index (χ1v) is 12.3. The van der Waals surface area contributed by atoms with E-state index in [1.165, 1.54) is 29.1 Å². The molecule has 37 heavy (non-hydrogen) atoms. The first-order valence-electron chi connectivity index (χ1n) is 11.9. The number of aliphatic carboxylic acids is 1. The molecule has 8 nitrogen and oxygen atoms in total. The van der Waals surface area contributed by atoms with Crippen LogP contribution in [0.25, 0.3) is 0 Å². The van der Waals surface area contributed by atoms with Crippen molar-refractivity contribution in [2.24, 2.45) is 5.92 Å². The lowest BCUT2D eigenvalue weighted by Gasteiger charge is -2.41. The Balaban J connectivity index is 2.09. The lowest BCUT2D eigenvalue weighted by molar-refractivity contribution is -0.169. The lowest BCUT2D eigenvalue weighted by atomic mass is 9.78. The minimum Gasteiger partial charge on any atom is -0.481 e. The van der Waals surface area contributed by atoms with Crippen LogP contribution in [0.3, 0.4) is 0 Å². The number of imidazole rings is 1. The summed E-state index contributed by atoms with van der Waals surface area (Å²) in [5.74, 6) is -5.75. The molecular weight excluding hydrogens is 501 g/mol. The molecule has 1 amide bonds. The Kier molecular flexibility index (Phi) is 9.07. The van der Waals surface area contributed by atoms with Gasteiger partial charge in [-0.2, -0.15) is 0 Å². The van der Waals surface area contributed by atoms with E-state index in [9.17, 15) is 29.3 Å². The highest BCUT2D eigenvalue weighted by Crippen LogP contribution is 2.38. The molecule has 1 aromatic heterocycles. The summed E-state index contributed by atoms with van der Waals surface area (Å²) >= 11 is 6.04. The quantitative estimate of drug-likeness (QED) is 0.296. The third-order valence-electron chi connectivity index (χ3n) is 6.44. The zero-order valence-corrected chi connectivity index (χ0v) is 21.6. The molecule has 0 aliphatic rings. The summed E-state index contributed by atoms with van der Waals surface area (Å²) in [6, 6.07) is 11.4. The van der Waals surface area contributed by atoms with Crippen molar-refractivity contribution in [1.29, 1.82) is 0 Å². The number of carbonyl (C=O) groups excluding carboxylic acids is 1. The second kappa shape index (κ2) is 11.9. The Morgan fingerprint density at radius 3 is 2.43 bits per heavy atom. The highest BCUT2D eigenvalue weighted by molar-refractivity contribution is 6.30. The average Bonchev–Trinajstić information content (AvgIpc) is 3.35. The number of halogens is 2. The monoisotopic (exact) mass is 531 g/mol. The zero-order valence-electron chi connectivity index (χ0n) is 20.8. The fraction of sp³-hybridized carbons (Fsp3) is 0.370. The van der Waals surface area contributed by atoms with Crippen LogP contribution in [0.15, 0.2) is 60.9 Å². The number of aliphatic hydroxyl groups excluding tert-OH is 1. The van der Waals surface area contributed by atoms with Gasteiger partial charge in [-0.3, -0.25) is 9.59 Å². The van der Waals surface area contributed by atoms with E-state index in [1.807, 2.05) is 13.8 Å². The highest BCUT2D eigenvalue weighted by Gasteiger charge is 2.51. The first-order chi connectivity index (χ1) is 17.5. The van der Waals surface area contributed by atoms with E-state index in [4.69, 9.17) is 11.6 Å². The van der Waals surface area contributed by atoms with E-state index in [2.05, 4.69) is 10.3 Å². The average molecular weight is 532 g/mol. The van der Waals surface area contributed by atoms with Gasteiger partial charge in [0, 0.05) is 29.9 Å². The van der Waals surface area contributed by atoms with Gasteiger partial charge in [0.2, 0.25) is 5.91 Å². The Bertz CT molecular complexity index is 1230. The smallest absolute Gasteiger partial charge is 0.313 e. The number of rotatable bonds is 11. The number of benzene rings is 2. The molecule has 3 rings (SSSR count). The number of nitrogens with one attached hydrogen (secondary N) is 1. The molecule has 4 unspecified atom stereocenters. The van der Waals surface area contributed by atoms with Crippen LogP contribution in [0, 0.1) is 11.7 Å². The number of hydrogen-bond donors (Lipinski definition) is 4. The van der Waals surface area contributed by atoms with Crippen molar-refractivity contribution in [3.05, 3.63) is 88.7 Å². The van der Waals surface area contributed by atoms with Crippen molar-refractivity contribution in [3.8, 4) is 0 Å². The summed E-state index contributed by atoms with van der Waals surface area (Å²) in [4.78, 5) is 30.3. The van der Waals surface area contributed by atoms with Crippen LogP contribution < -0.4 is 5.32 Å². The van der Waals surface area contributed by atoms with Crippen LogP contribution >= 0.6 is 11.6 Å². The van der Waals surface area contributed by atoms with Gasteiger partial charge in [-0.15, -0.1) is 0 Å². The van der Waals surface area contributed by atoms with Gasteiger partial charge in [0.15, 0.2) is 5.72 Å². The molecule has 0 aliphatic heterocycles. The molecule has 0 radical (unpaired) electrons. The predicted octanol–water partition coefficient (Wildman–Crippen LogP) is 4.02. The van der Waals surface area contributed by atoms with Crippen molar-refractivity contribution in [2.75, 3.05) is 0 Å². The van der Waals surface area contributed by atoms with Crippen molar-refractivity contribution in [2.45, 2.75) is 57.4 Å². The Labute approximate surface area is 219 Å². The number of aliphatic hydroxyl groups is 2. The molecule has 0 spiro atoms. The number of aromatic nitrogens is 2. The summed E-state index contributed by atoms with van der Waals surface area (Å²) in [6.45, 7) is 5.37. The van der Waals surface area contributed by atoms with Crippen molar-refractivity contribution < 1.29 is 29.3 Å². The van der Waals surface area contributed by atoms with E-state index in [0.717, 1.165) is 12.1 Å². The summed E-state index contributed by atoms with van der Waals surface area (Å²) in [7, 11) is 0. The Morgan fingerprint density at radius 1 is 1.19 bits per heavy atom. The standard InChI is InChI=1S/C27H31ClFN3O5/c1-4-27(37,32-13-12-30-24(32)16(2)3)22(25(34)31-15-17-6-5-7-19(28)14-17)23(33)21(26(35)36)18-8-10-20(29)11-9-18/h5-14,16,21-23,33,37H,4,15H2,1-3H3,(H,31,34)(H,35,36). The van der Waals surface area contributed by atoms with Crippen molar-refractivity contribution in [1.82, 2.24) is 14.9 Å². The topological polar surface area (TPSA) is 125 Å². The maximum absolute atomic E-state index is 13.7. The molecule has 10 heteroatoms. The molecule has 0 aliphatic carbocycles. The number of carbonyl (C=O) groups is 2. The SMILES string of the molecule is CCC(O)(C(C(=O)NCc1cccc(Cl)c1)C(O)C(C(=O)O)c1ccc(F)cc1)n1ccnc1C(C)C. The fourth-order valence-corrected chi connectivity index (χ4v) is 4.76. The van der Waals surface area contributed by atoms with Gasteiger partial charge in [-0.05, 0) is 41.8 Å². The summed E-state index contributed by atoms with van der Waals surface area (Å²) in [6.07, 6.45) is 1.02. The summed E-state index contributed by atoms with van der Waals surface area (Å²) < 4.78 is 15.0.